The largest absolute Gasteiger partial charge is 0.327 e. The summed E-state index contributed by atoms with van der Waals surface area (Å²) in [7, 11) is 0. The lowest BCUT2D eigenvalue weighted by molar-refractivity contribution is 0.816. The van der Waals surface area contributed by atoms with Crippen molar-refractivity contribution in [3.8, 4) is 0 Å². The van der Waals surface area contributed by atoms with E-state index in [1.807, 2.05) is 0 Å². The van der Waals surface area contributed by atoms with Crippen molar-refractivity contribution < 1.29 is 0 Å². The van der Waals surface area contributed by atoms with Crippen LogP contribution in [0.4, 0.5) is 0 Å². The number of rotatable bonds is 10. The van der Waals surface area contributed by atoms with E-state index in [4.69, 9.17) is 5.73 Å². The first-order valence-electron chi connectivity index (χ1n) is 6.63. The van der Waals surface area contributed by atoms with Crippen molar-refractivity contribution in [3.05, 3.63) is 48.6 Å². The molecule has 0 spiro atoms. The Morgan fingerprint density at radius 1 is 1.00 bits per heavy atom. The van der Waals surface area contributed by atoms with E-state index in [-0.39, 0.29) is 0 Å². The number of nitrogens with two attached hydrogens (primary N) is 1. The molecule has 0 amide bonds. The molecule has 17 heavy (non-hydrogen) atoms. The first-order valence-corrected chi connectivity index (χ1v) is 6.63. The van der Waals surface area contributed by atoms with Crippen molar-refractivity contribution >= 4 is 0 Å². The molecule has 0 rings (SSSR count). The quantitative estimate of drug-likeness (QED) is 0.435. The minimum absolute atomic E-state index is 0.623. The summed E-state index contributed by atoms with van der Waals surface area (Å²) in [6.45, 7) is 6.67. The molecule has 0 unspecified atom stereocenters. The monoisotopic (exact) mass is 233 g/mol. The SMILES string of the molecule is C=C(CN)CCC/C=C/C/C=C/C/C=C/CC. The standard InChI is InChI=1S/C16H27N/c1-3-4-5-6-7-8-9-10-11-12-13-14-16(2)15-17/h4-5,7-8,10-11H,2-3,6,9,12-15,17H2,1H3/b5-4+,8-7+,11-10+. The Morgan fingerprint density at radius 3 is 2.18 bits per heavy atom. The van der Waals surface area contributed by atoms with Crippen LogP contribution in [-0.2, 0) is 0 Å². The summed E-state index contributed by atoms with van der Waals surface area (Å²) in [5.74, 6) is 0. The predicted molar refractivity (Wildman–Crippen MR) is 79.0 cm³/mol. The highest BCUT2D eigenvalue weighted by atomic mass is 14.5. The summed E-state index contributed by atoms with van der Waals surface area (Å²) in [5, 5.41) is 0. The first kappa shape index (κ1) is 15.9. The van der Waals surface area contributed by atoms with Gasteiger partial charge in [-0.2, -0.15) is 0 Å². The smallest absolute Gasteiger partial charge is 0.0134 e. The number of unbranched alkanes of at least 4 members (excludes halogenated alkanes) is 1. The van der Waals surface area contributed by atoms with E-state index < -0.39 is 0 Å². The Morgan fingerprint density at radius 2 is 1.59 bits per heavy atom. The van der Waals surface area contributed by atoms with E-state index in [0.29, 0.717) is 6.54 Å². The maximum Gasteiger partial charge on any atom is 0.0134 e. The number of hydrogen-bond donors (Lipinski definition) is 1. The Bertz CT molecular complexity index is 259. The van der Waals surface area contributed by atoms with E-state index in [0.717, 1.165) is 44.1 Å². The van der Waals surface area contributed by atoms with Gasteiger partial charge in [-0.05, 0) is 38.5 Å². The normalized spacial score (nSPS) is 12.1. The van der Waals surface area contributed by atoms with Gasteiger partial charge in [0.15, 0.2) is 0 Å². The second-order valence-corrected chi connectivity index (χ2v) is 4.14. The van der Waals surface area contributed by atoms with Crippen LogP contribution in [0.1, 0.15) is 45.4 Å². The maximum absolute atomic E-state index is 5.47. The van der Waals surface area contributed by atoms with Crippen molar-refractivity contribution in [2.75, 3.05) is 6.54 Å². The molecule has 0 heterocycles. The molecular weight excluding hydrogens is 206 g/mol. The summed E-state index contributed by atoms with van der Waals surface area (Å²) in [4.78, 5) is 0. The van der Waals surface area contributed by atoms with Crippen molar-refractivity contribution in [2.45, 2.75) is 45.4 Å². The van der Waals surface area contributed by atoms with Gasteiger partial charge in [0, 0.05) is 6.54 Å². The zero-order valence-electron chi connectivity index (χ0n) is 11.2. The number of hydrogen-bond acceptors (Lipinski definition) is 1. The molecule has 0 aromatic heterocycles. The van der Waals surface area contributed by atoms with Gasteiger partial charge in [0.1, 0.15) is 0 Å². The molecule has 0 saturated heterocycles. The minimum Gasteiger partial charge on any atom is -0.327 e. The predicted octanol–water partition coefficient (Wildman–Crippen LogP) is 4.53. The molecule has 0 fully saturated rings. The van der Waals surface area contributed by atoms with Crippen molar-refractivity contribution in [1.29, 1.82) is 0 Å². The third-order valence-corrected chi connectivity index (χ3v) is 2.47. The van der Waals surface area contributed by atoms with Crippen LogP contribution < -0.4 is 5.73 Å². The minimum atomic E-state index is 0.623. The van der Waals surface area contributed by atoms with E-state index >= 15 is 0 Å². The Labute approximate surface area is 107 Å². The summed E-state index contributed by atoms with van der Waals surface area (Å²) in [5.41, 5.74) is 6.62. The molecule has 0 aliphatic carbocycles. The summed E-state index contributed by atoms with van der Waals surface area (Å²) in [6, 6.07) is 0. The lowest BCUT2D eigenvalue weighted by Crippen LogP contribution is -2.01. The van der Waals surface area contributed by atoms with Crippen molar-refractivity contribution in [3.63, 3.8) is 0 Å². The Hall–Kier alpha value is -1.08. The first-order chi connectivity index (χ1) is 8.31. The highest BCUT2D eigenvalue weighted by Crippen LogP contribution is 2.04. The van der Waals surface area contributed by atoms with Crippen LogP contribution in [0.15, 0.2) is 48.6 Å². The average molecular weight is 233 g/mol. The lowest BCUT2D eigenvalue weighted by atomic mass is 10.1. The van der Waals surface area contributed by atoms with Gasteiger partial charge in [0.05, 0.1) is 0 Å². The van der Waals surface area contributed by atoms with Crippen LogP contribution in [0.3, 0.4) is 0 Å². The third-order valence-electron chi connectivity index (χ3n) is 2.47. The van der Waals surface area contributed by atoms with Gasteiger partial charge in [-0.3, -0.25) is 0 Å². The third kappa shape index (κ3) is 12.9. The molecule has 2 N–H and O–H groups in total. The van der Waals surface area contributed by atoms with Gasteiger partial charge in [-0.25, -0.2) is 0 Å². The van der Waals surface area contributed by atoms with Crippen LogP contribution in [0.2, 0.25) is 0 Å². The summed E-state index contributed by atoms with van der Waals surface area (Å²) >= 11 is 0. The highest BCUT2D eigenvalue weighted by molar-refractivity contribution is 4.98. The second-order valence-electron chi connectivity index (χ2n) is 4.14. The Kier molecular flexibility index (Phi) is 12.2. The molecule has 0 aromatic rings. The fourth-order valence-electron chi connectivity index (χ4n) is 1.40. The van der Waals surface area contributed by atoms with Gasteiger partial charge in [-0.15, -0.1) is 0 Å². The summed E-state index contributed by atoms with van der Waals surface area (Å²) < 4.78 is 0. The van der Waals surface area contributed by atoms with Crippen LogP contribution in [-0.4, -0.2) is 6.54 Å². The zero-order chi connectivity index (χ0) is 12.8. The van der Waals surface area contributed by atoms with E-state index in [1.165, 1.54) is 0 Å². The molecule has 0 radical (unpaired) electrons. The van der Waals surface area contributed by atoms with Crippen LogP contribution >= 0.6 is 0 Å². The lowest BCUT2D eigenvalue weighted by Gasteiger charge is -1.98. The van der Waals surface area contributed by atoms with Crippen LogP contribution in [0.5, 0.6) is 0 Å². The molecule has 0 aliphatic rings. The van der Waals surface area contributed by atoms with Crippen LogP contribution in [0.25, 0.3) is 0 Å². The average Bonchev–Trinajstić information content (AvgIpc) is 2.35. The fraction of sp³-hybridized carbons (Fsp3) is 0.500. The van der Waals surface area contributed by atoms with Crippen LogP contribution in [0, 0.1) is 0 Å². The van der Waals surface area contributed by atoms with Crippen molar-refractivity contribution in [1.82, 2.24) is 0 Å². The molecule has 0 aromatic carbocycles. The molecule has 0 saturated carbocycles. The molecule has 1 nitrogen and oxygen atoms in total. The van der Waals surface area contributed by atoms with Crippen molar-refractivity contribution in [2.24, 2.45) is 5.73 Å². The number of allylic oxidation sites excluding steroid dienone is 6. The fourth-order valence-corrected chi connectivity index (χ4v) is 1.40. The van der Waals surface area contributed by atoms with Gasteiger partial charge >= 0.3 is 0 Å². The Balaban J connectivity index is 3.36. The van der Waals surface area contributed by atoms with Gasteiger partial charge in [0.2, 0.25) is 0 Å². The van der Waals surface area contributed by atoms with Gasteiger partial charge < -0.3 is 5.73 Å². The topological polar surface area (TPSA) is 26.0 Å². The van der Waals surface area contributed by atoms with E-state index in [2.05, 4.69) is 50.0 Å². The molecule has 1 heteroatoms. The maximum atomic E-state index is 5.47. The van der Waals surface area contributed by atoms with E-state index in [9.17, 15) is 0 Å². The zero-order valence-corrected chi connectivity index (χ0v) is 11.2. The van der Waals surface area contributed by atoms with E-state index in [1.54, 1.807) is 0 Å². The van der Waals surface area contributed by atoms with Gasteiger partial charge in [-0.1, -0.05) is 55.5 Å². The molecular formula is C16H27N. The molecule has 0 bridgehead atoms. The molecule has 0 atom stereocenters. The molecule has 0 aliphatic heterocycles. The second kappa shape index (κ2) is 13.0. The highest BCUT2D eigenvalue weighted by Gasteiger charge is 1.88. The summed E-state index contributed by atoms with van der Waals surface area (Å²) in [6.07, 6.45) is 19.9. The molecule has 96 valence electrons. The van der Waals surface area contributed by atoms with Gasteiger partial charge in [0.25, 0.3) is 0 Å².